The van der Waals surface area contributed by atoms with E-state index in [2.05, 4.69) is 15.6 Å². The number of thiocarbonyl (C=S) groups is 1. The fourth-order valence-corrected chi connectivity index (χ4v) is 3.23. The molecule has 4 aromatic rings. The zero-order chi connectivity index (χ0) is 21.8. The molecule has 1 aromatic heterocycles. The van der Waals surface area contributed by atoms with Crippen LogP contribution in [0.15, 0.2) is 71.1 Å². The number of carbonyl (C=O) groups excluding carboxylic acids is 1. The number of anilines is 1. The summed E-state index contributed by atoms with van der Waals surface area (Å²) in [5.74, 6) is 1.34. The molecule has 0 bridgehead atoms. The quantitative estimate of drug-likeness (QED) is 0.444. The van der Waals surface area contributed by atoms with Crippen LogP contribution < -0.4 is 20.1 Å². The van der Waals surface area contributed by atoms with Gasteiger partial charge in [-0.15, -0.1) is 0 Å². The standard InChI is InChI=1S/C23H19N3O4S/c1-28-16-11-12-20-18(13-16)25-22(30-20)14-7-9-15(10-8-14)24-23(31)26-21(27)17-5-3-4-6-19(17)29-2/h3-13H,1-2H3,(H2,24,26,27,31). The average molecular weight is 433 g/mol. The molecule has 3 aromatic carbocycles. The van der Waals surface area contributed by atoms with Crippen LogP contribution >= 0.6 is 12.2 Å². The van der Waals surface area contributed by atoms with Gasteiger partial charge in [0.1, 0.15) is 17.0 Å². The first kappa shape index (κ1) is 20.4. The topological polar surface area (TPSA) is 85.6 Å². The van der Waals surface area contributed by atoms with E-state index < -0.39 is 0 Å². The molecular weight excluding hydrogens is 414 g/mol. The van der Waals surface area contributed by atoms with E-state index in [1.165, 1.54) is 7.11 Å². The summed E-state index contributed by atoms with van der Waals surface area (Å²) in [6.07, 6.45) is 0. The van der Waals surface area contributed by atoms with Gasteiger partial charge in [0.25, 0.3) is 5.91 Å². The molecule has 4 rings (SSSR count). The first-order valence-electron chi connectivity index (χ1n) is 9.38. The molecule has 0 spiro atoms. The van der Waals surface area contributed by atoms with Crippen LogP contribution in [0.2, 0.25) is 0 Å². The number of para-hydroxylation sites is 1. The summed E-state index contributed by atoms with van der Waals surface area (Å²) in [7, 11) is 3.12. The number of rotatable bonds is 5. The van der Waals surface area contributed by atoms with Crippen LogP contribution in [-0.2, 0) is 0 Å². The summed E-state index contributed by atoms with van der Waals surface area (Å²) in [6.45, 7) is 0. The second kappa shape index (κ2) is 8.85. The first-order valence-corrected chi connectivity index (χ1v) is 9.78. The molecule has 0 saturated carbocycles. The van der Waals surface area contributed by atoms with Crippen molar-refractivity contribution in [3.05, 3.63) is 72.3 Å². The van der Waals surface area contributed by atoms with Crippen molar-refractivity contribution in [3.63, 3.8) is 0 Å². The maximum absolute atomic E-state index is 12.4. The minimum atomic E-state index is -0.353. The Kier molecular flexibility index (Phi) is 5.81. The number of oxazole rings is 1. The Morgan fingerprint density at radius 1 is 1.00 bits per heavy atom. The maximum atomic E-state index is 12.4. The highest BCUT2D eigenvalue weighted by Crippen LogP contribution is 2.27. The number of hydrogen-bond acceptors (Lipinski definition) is 6. The smallest absolute Gasteiger partial charge is 0.261 e. The molecule has 0 aliphatic carbocycles. The molecule has 31 heavy (non-hydrogen) atoms. The van der Waals surface area contributed by atoms with E-state index in [0.717, 1.165) is 16.8 Å². The third-order valence-electron chi connectivity index (χ3n) is 4.56. The highest BCUT2D eigenvalue weighted by atomic mass is 32.1. The number of carbonyl (C=O) groups is 1. The van der Waals surface area contributed by atoms with E-state index in [4.69, 9.17) is 26.1 Å². The summed E-state index contributed by atoms with van der Waals surface area (Å²) in [6, 6.07) is 19.8. The molecule has 0 atom stereocenters. The van der Waals surface area contributed by atoms with Crippen LogP contribution in [-0.4, -0.2) is 30.2 Å². The molecule has 8 heteroatoms. The third kappa shape index (κ3) is 4.49. The van der Waals surface area contributed by atoms with Crippen molar-refractivity contribution in [3.8, 4) is 23.0 Å². The molecule has 0 saturated heterocycles. The normalized spacial score (nSPS) is 10.5. The monoisotopic (exact) mass is 433 g/mol. The Morgan fingerprint density at radius 2 is 1.77 bits per heavy atom. The van der Waals surface area contributed by atoms with Gasteiger partial charge in [-0.25, -0.2) is 4.98 Å². The number of amides is 1. The molecule has 156 valence electrons. The van der Waals surface area contributed by atoms with Gasteiger partial charge in [-0.05, 0) is 60.7 Å². The molecule has 7 nitrogen and oxygen atoms in total. The van der Waals surface area contributed by atoms with Gasteiger partial charge in [-0.2, -0.15) is 0 Å². The molecule has 0 aliphatic rings. The Morgan fingerprint density at radius 3 is 2.52 bits per heavy atom. The van der Waals surface area contributed by atoms with Crippen LogP contribution in [0.1, 0.15) is 10.4 Å². The largest absolute Gasteiger partial charge is 0.497 e. The molecule has 0 fully saturated rings. The second-order valence-corrected chi connectivity index (χ2v) is 6.95. The number of nitrogens with zero attached hydrogens (tertiary/aromatic N) is 1. The van der Waals surface area contributed by atoms with Gasteiger partial charge in [-0.1, -0.05) is 12.1 Å². The van der Waals surface area contributed by atoms with E-state index in [-0.39, 0.29) is 11.0 Å². The molecular formula is C23H19N3O4S. The van der Waals surface area contributed by atoms with E-state index in [0.29, 0.717) is 28.5 Å². The second-order valence-electron chi connectivity index (χ2n) is 6.54. The van der Waals surface area contributed by atoms with Gasteiger partial charge >= 0.3 is 0 Å². The van der Waals surface area contributed by atoms with E-state index in [1.54, 1.807) is 31.4 Å². The summed E-state index contributed by atoms with van der Waals surface area (Å²) >= 11 is 5.26. The first-order chi connectivity index (χ1) is 15.1. The highest BCUT2D eigenvalue weighted by Gasteiger charge is 2.13. The fraction of sp³-hybridized carbons (Fsp3) is 0.0870. The SMILES string of the molecule is COc1ccc2oc(-c3ccc(NC(=S)NC(=O)c4ccccc4OC)cc3)nc2c1. The van der Waals surface area contributed by atoms with Crippen LogP contribution in [0, 0.1) is 0 Å². The Balaban J connectivity index is 1.43. The molecule has 0 aliphatic heterocycles. The van der Waals surface area contributed by atoms with Gasteiger partial charge < -0.3 is 19.2 Å². The highest BCUT2D eigenvalue weighted by molar-refractivity contribution is 7.80. The third-order valence-corrected chi connectivity index (χ3v) is 4.77. The molecule has 0 radical (unpaired) electrons. The van der Waals surface area contributed by atoms with Gasteiger partial charge in [0, 0.05) is 17.3 Å². The average Bonchev–Trinajstić information content (AvgIpc) is 3.22. The number of fused-ring (bicyclic) bond motifs is 1. The fourth-order valence-electron chi connectivity index (χ4n) is 3.02. The lowest BCUT2D eigenvalue weighted by Gasteiger charge is -2.11. The maximum Gasteiger partial charge on any atom is 0.261 e. The zero-order valence-corrected chi connectivity index (χ0v) is 17.7. The van der Waals surface area contributed by atoms with Crippen LogP contribution in [0.5, 0.6) is 11.5 Å². The Bertz CT molecular complexity index is 1250. The van der Waals surface area contributed by atoms with Gasteiger partial charge in [0.2, 0.25) is 5.89 Å². The van der Waals surface area contributed by atoms with Gasteiger partial charge in [-0.3, -0.25) is 10.1 Å². The summed E-state index contributed by atoms with van der Waals surface area (Å²) in [5, 5.41) is 5.82. The summed E-state index contributed by atoms with van der Waals surface area (Å²) in [4.78, 5) is 17.0. The van der Waals surface area contributed by atoms with Crippen LogP contribution in [0.4, 0.5) is 5.69 Å². The van der Waals surface area contributed by atoms with Crippen molar-refractivity contribution in [2.24, 2.45) is 0 Å². The minimum absolute atomic E-state index is 0.178. The number of nitrogens with one attached hydrogen (secondary N) is 2. The lowest BCUT2D eigenvalue weighted by molar-refractivity contribution is 0.0975. The van der Waals surface area contributed by atoms with Crippen LogP contribution in [0.25, 0.3) is 22.6 Å². The lowest BCUT2D eigenvalue weighted by Crippen LogP contribution is -2.34. The number of aromatic nitrogens is 1. The molecule has 1 amide bonds. The van der Waals surface area contributed by atoms with Gasteiger partial charge in [0.15, 0.2) is 10.7 Å². The zero-order valence-electron chi connectivity index (χ0n) is 16.8. The minimum Gasteiger partial charge on any atom is -0.497 e. The summed E-state index contributed by atoms with van der Waals surface area (Å²) < 4.78 is 16.2. The van der Waals surface area contributed by atoms with Crippen molar-refractivity contribution in [1.29, 1.82) is 0 Å². The number of methoxy groups -OCH3 is 2. The van der Waals surface area contributed by atoms with Crippen molar-refractivity contribution in [1.82, 2.24) is 10.3 Å². The Hall–Kier alpha value is -3.91. The van der Waals surface area contributed by atoms with Crippen molar-refractivity contribution < 1.29 is 18.7 Å². The number of hydrogen-bond donors (Lipinski definition) is 2. The van der Waals surface area contributed by atoms with Crippen molar-refractivity contribution >= 4 is 40.0 Å². The number of ether oxygens (including phenoxy) is 2. The predicted molar refractivity (Wildman–Crippen MR) is 123 cm³/mol. The number of benzene rings is 3. The van der Waals surface area contributed by atoms with Crippen molar-refractivity contribution in [2.45, 2.75) is 0 Å². The molecule has 1 heterocycles. The Labute approximate surface area is 184 Å². The molecule has 2 N–H and O–H groups in total. The van der Waals surface area contributed by atoms with E-state index in [1.807, 2.05) is 42.5 Å². The van der Waals surface area contributed by atoms with E-state index >= 15 is 0 Å². The lowest BCUT2D eigenvalue weighted by atomic mass is 10.2. The predicted octanol–water partition coefficient (Wildman–Crippen LogP) is 4.64. The van der Waals surface area contributed by atoms with Crippen LogP contribution in [0.3, 0.4) is 0 Å². The van der Waals surface area contributed by atoms with Crippen molar-refractivity contribution in [2.75, 3.05) is 19.5 Å². The molecule has 0 unspecified atom stereocenters. The summed E-state index contributed by atoms with van der Waals surface area (Å²) in [5.41, 5.74) is 3.32. The van der Waals surface area contributed by atoms with E-state index in [9.17, 15) is 4.79 Å². The van der Waals surface area contributed by atoms with Gasteiger partial charge in [0.05, 0.1) is 19.8 Å².